The van der Waals surface area contributed by atoms with Crippen molar-refractivity contribution >= 4 is 0 Å². The highest BCUT2D eigenvalue weighted by Gasteiger charge is 2.30. The van der Waals surface area contributed by atoms with E-state index in [1.807, 2.05) is 0 Å². The van der Waals surface area contributed by atoms with E-state index >= 15 is 0 Å². The topological polar surface area (TPSA) is 47.7 Å². The van der Waals surface area contributed by atoms with Crippen LogP contribution in [0.1, 0.15) is 18.0 Å². The van der Waals surface area contributed by atoms with Crippen molar-refractivity contribution in [1.82, 2.24) is 4.90 Å². The van der Waals surface area contributed by atoms with Crippen molar-refractivity contribution in [1.29, 1.82) is 0 Å². The van der Waals surface area contributed by atoms with Crippen molar-refractivity contribution < 1.29 is 18.3 Å². The predicted octanol–water partition coefficient (Wildman–Crippen LogP) is 2.01. The number of methoxy groups -OCH3 is 1. The lowest BCUT2D eigenvalue weighted by Gasteiger charge is -2.28. The first-order chi connectivity index (χ1) is 9.65. The Labute approximate surface area is 117 Å². The van der Waals surface area contributed by atoms with Gasteiger partial charge in [-0.3, -0.25) is 4.90 Å². The fourth-order valence-corrected chi connectivity index (χ4v) is 2.66. The van der Waals surface area contributed by atoms with Crippen molar-refractivity contribution in [2.75, 3.05) is 26.7 Å². The summed E-state index contributed by atoms with van der Waals surface area (Å²) in [6, 6.07) is 6.69. The van der Waals surface area contributed by atoms with Crippen LogP contribution < -0.4 is 10.5 Å². The maximum atomic E-state index is 12.5. The summed E-state index contributed by atoms with van der Waals surface area (Å²) < 4.78 is 34.9. The van der Waals surface area contributed by atoms with E-state index in [1.54, 1.807) is 31.4 Å². The van der Waals surface area contributed by atoms with Crippen LogP contribution in [0.25, 0.3) is 0 Å². The van der Waals surface area contributed by atoms with Gasteiger partial charge in [-0.15, -0.1) is 0 Å². The van der Waals surface area contributed by atoms with Crippen LogP contribution in [0.3, 0.4) is 0 Å². The van der Waals surface area contributed by atoms with Crippen LogP contribution in [0.15, 0.2) is 24.3 Å². The van der Waals surface area contributed by atoms with Gasteiger partial charge in [0.05, 0.1) is 12.1 Å². The summed E-state index contributed by atoms with van der Waals surface area (Å²) in [5.41, 5.74) is 6.55. The minimum absolute atomic E-state index is 0.134. The number of rotatable bonds is 6. The Balaban J connectivity index is 2.19. The highest BCUT2D eigenvalue weighted by molar-refractivity contribution is 5.36. The van der Waals surface area contributed by atoms with Gasteiger partial charge in [-0.1, -0.05) is 18.2 Å². The van der Waals surface area contributed by atoms with Crippen molar-refractivity contribution in [3.05, 3.63) is 29.8 Å². The molecule has 20 heavy (non-hydrogen) atoms. The van der Waals surface area contributed by atoms with Gasteiger partial charge >= 0.3 is 6.61 Å². The van der Waals surface area contributed by atoms with Crippen LogP contribution >= 0.6 is 0 Å². The van der Waals surface area contributed by atoms with Crippen LogP contribution in [0.4, 0.5) is 8.78 Å². The minimum atomic E-state index is -2.83. The first-order valence-corrected chi connectivity index (χ1v) is 6.66. The van der Waals surface area contributed by atoms with Gasteiger partial charge in [-0.25, -0.2) is 0 Å². The Hall–Kier alpha value is -1.24. The van der Waals surface area contributed by atoms with Crippen LogP contribution in [-0.2, 0) is 4.74 Å². The Morgan fingerprint density at radius 3 is 2.75 bits per heavy atom. The molecule has 2 unspecified atom stereocenters. The molecule has 1 aromatic rings. The first-order valence-electron chi connectivity index (χ1n) is 6.66. The van der Waals surface area contributed by atoms with Crippen LogP contribution in [0.5, 0.6) is 5.75 Å². The molecule has 1 aromatic carbocycles. The van der Waals surface area contributed by atoms with Crippen molar-refractivity contribution in [3.8, 4) is 5.75 Å². The van der Waals surface area contributed by atoms with Gasteiger partial charge < -0.3 is 15.2 Å². The number of ether oxygens (including phenoxy) is 2. The molecule has 1 fully saturated rings. The number of para-hydroxylation sites is 1. The number of nitrogens with zero attached hydrogens (tertiary/aromatic N) is 1. The lowest BCUT2D eigenvalue weighted by atomic mass is 10.0. The number of likely N-dealkylation sites (tertiary alicyclic amines) is 1. The van der Waals surface area contributed by atoms with Gasteiger partial charge in [0.15, 0.2) is 0 Å². The third-order valence-corrected chi connectivity index (χ3v) is 3.67. The van der Waals surface area contributed by atoms with E-state index in [4.69, 9.17) is 10.5 Å². The molecule has 4 nitrogen and oxygen atoms in total. The molecule has 0 aliphatic carbocycles. The summed E-state index contributed by atoms with van der Waals surface area (Å²) in [6.07, 6.45) is 1.09. The van der Waals surface area contributed by atoms with E-state index in [2.05, 4.69) is 9.64 Å². The molecule has 0 aromatic heterocycles. The molecule has 1 aliphatic heterocycles. The van der Waals surface area contributed by atoms with Gasteiger partial charge in [0.25, 0.3) is 0 Å². The Morgan fingerprint density at radius 1 is 1.40 bits per heavy atom. The van der Waals surface area contributed by atoms with E-state index in [1.165, 1.54) is 0 Å². The van der Waals surface area contributed by atoms with Crippen molar-refractivity contribution in [2.45, 2.75) is 25.2 Å². The molecular formula is C14H20F2N2O2. The SMILES string of the molecule is COC1CCN(C(CN)c2ccccc2OC(F)F)C1. The van der Waals surface area contributed by atoms with E-state index in [9.17, 15) is 8.78 Å². The minimum Gasteiger partial charge on any atom is -0.434 e. The number of nitrogens with two attached hydrogens (primary N) is 1. The fourth-order valence-electron chi connectivity index (χ4n) is 2.66. The van der Waals surface area contributed by atoms with E-state index < -0.39 is 6.61 Å². The number of hydrogen-bond acceptors (Lipinski definition) is 4. The maximum Gasteiger partial charge on any atom is 0.387 e. The third kappa shape index (κ3) is 3.45. The largest absolute Gasteiger partial charge is 0.434 e. The predicted molar refractivity (Wildman–Crippen MR) is 71.9 cm³/mol. The van der Waals surface area contributed by atoms with Gasteiger partial charge in [-0.05, 0) is 12.5 Å². The molecule has 6 heteroatoms. The normalized spacial score (nSPS) is 21.4. The molecule has 1 heterocycles. The first kappa shape index (κ1) is 15.2. The van der Waals surface area contributed by atoms with Crippen molar-refractivity contribution in [3.63, 3.8) is 0 Å². The molecule has 1 saturated heterocycles. The molecule has 0 bridgehead atoms. The highest BCUT2D eigenvalue weighted by Crippen LogP contribution is 2.32. The molecule has 0 amide bonds. The molecule has 112 valence electrons. The number of halogens is 2. The average molecular weight is 286 g/mol. The summed E-state index contributed by atoms with van der Waals surface area (Å²) >= 11 is 0. The number of benzene rings is 1. The maximum absolute atomic E-state index is 12.5. The summed E-state index contributed by atoms with van der Waals surface area (Å²) in [4.78, 5) is 2.15. The molecule has 0 radical (unpaired) electrons. The van der Waals surface area contributed by atoms with Crippen LogP contribution in [0, 0.1) is 0 Å². The van der Waals surface area contributed by atoms with Gasteiger partial charge in [0, 0.05) is 32.3 Å². The molecule has 0 spiro atoms. The van der Waals surface area contributed by atoms with Crippen LogP contribution in [0.2, 0.25) is 0 Å². The number of hydrogen-bond donors (Lipinski definition) is 1. The fraction of sp³-hybridized carbons (Fsp3) is 0.571. The summed E-state index contributed by atoms with van der Waals surface area (Å²) in [7, 11) is 1.68. The van der Waals surface area contributed by atoms with Crippen LogP contribution in [-0.4, -0.2) is 44.4 Å². The second-order valence-electron chi connectivity index (χ2n) is 4.81. The Kier molecular flexibility index (Phi) is 5.28. The monoisotopic (exact) mass is 286 g/mol. The molecule has 1 aliphatic rings. The lowest BCUT2D eigenvalue weighted by Crippen LogP contribution is -2.33. The van der Waals surface area contributed by atoms with E-state index in [0.29, 0.717) is 12.1 Å². The Morgan fingerprint density at radius 2 is 2.15 bits per heavy atom. The third-order valence-electron chi connectivity index (χ3n) is 3.67. The summed E-state index contributed by atoms with van der Waals surface area (Å²) in [5, 5.41) is 0. The molecular weight excluding hydrogens is 266 g/mol. The zero-order valence-corrected chi connectivity index (χ0v) is 11.5. The highest BCUT2D eigenvalue weighted by atomic mass is 19.3. The van der Waals surface area contributed by atoms with Crippen molar-refractivity contribution in [2.24, 2.45) is 5.73 Å². The zero-order chi connectivity index (χ0) is 14.5. The lowest BCUT2D eigenvalue weighted by molar-refractivity contribution is -0.0511. The van der Waals surface area contributed by atoms with E-state index in [-0.39, 0.29) is 17.9 Å². The standard InChI is InChI=1S/C14H20F2N2O2/c1-19-10-6-7-18(9-10)12(8-17)11-4-2-3-5-13(11)20-14(15)16/h2-5,10,12,14H,6-9,17H2,1H3. The summed E-state index contributed by atoms with van der Waals surface area (Å²) in [5.74, 6) is 0.193. The zero-order valence-electron chi connectivity index (χ0n) is 11.5. The second-order valence-corrected chi connectivity index (χ2v) is 4.81. The second kappa shape index (κ2) is 6.97. The average Bonchev–Trinajstić information content (AvgIpc) is 2.90. The number of alkyl halides is 2. The molecule has 2 rings (SSSR count). The van der Waals surface area contributed by atoms with Gasteiger partial charge in [0.1, 0.15) is 5.75 Å². The Bertz CT molecular complexity index is 431. The molecule has 2 N–H and O–H groups in total. The summed E-state index contributed by atoms with van der Waals surface area (Å²) in [6.45, 7) is -0.898. The smallest absolute Gasteiger partial charge is 0.387 e. The molecule has 0 saturated carbocycles. The van der Waals surface area contributed by atoms with Gasteiger partial charge in [0.2, 0.25) is 0 Å². The van der Waals surface area contributed by atoms with E-state index in [0.717, 1.165) is 19.5 Å². The molecule has 2 atom stereocenters. The quantitative estimate of drug-likeness (QED) is 0.869. The van der Waals surface area contributed by atoms with Gasteiger partial charge in [-0.2, -0.15) is 8.78 Å².